The molecular weight excluding hydrogens is 408 g/mol. The summed E-state index contributed by atoms with van der Waals surface area (Å²) in [6, 6.07) is 19.3. The van der Waals surface area contributed by atoms with E-state index < -0.39 is 11.8 Å². The molecule has 3 aromatic rings. The average Bonchev–Trinajstić information content (AvgIpc) is 2.77. The summed E-state index contributed by atoms with van der Waals surface area (Å²) in [7, 11) is 0. The van der Waals surface area contributed by atoms with E-state index in [-0.39, 0.29) is 5.57 Å². The van der Waals surface area contributed by atoms with Crippen LogP contribution in [0.15, 0.2) is 66.2 Å². The molecule has 4 heteroatoms. The molecule has 170 valence electrons. The molecule has 0 spiro atoms. The van der Waals surface area contributed by atoms with Gasteiger partial charge in [-0.1, -0.05) is 50.2 Å². The number of carbonyl (C=O) groups is 2. The molecule has 0 radical (unpaired) electrons. The highest BCUT2D eigenvalue weighted by Gasteiger charge is 2.19. The summed E-state index contributed by atoms with van der Waals surface area (Å²) in [4.78, 5) is 26.4. The number of rotatable bonds is 6. The first-order chi connectivity index (χ1) is 15.6. The Kier molecular flexibility index (Phi) is 7.49. The number of aryl methyl sites for hydroxylation is 4. The van der Waals surface area contributed by atoms with E-state index in [1.54, 1.807) is 6.08 Å². The third-order valence-electron chi connectivity index (χ3n) is 5.93. The molecular formula is C29H32N2O2. The molecule has 0 fully saturated rings. The molecule has 0 unspecified atom stereocenters. The normalized spacial score (nSPS) is 10.6. The topological polar surface area (TPSA) is 58.2 Å². The number of anilines is 2. The molecule has 4 nitrogen and oxygen atoms in total. The van der Waals surface area contributed by atoms with Gasteiger partial charge in [0, 0.05) is 11.4 Å². The highest BCUT2D eigenvalue weighted by molar-refractivity contribution is 6.28. The molecule has 3 aromatic carbocycles. The van der Waals surface area contributed by atoms with E-state index in [9.17, 15) is 9.59 Å². The van der Waals surface area contributed by atoms with Gasteiger partial charge in [0.25, 0.3) is 11.8 Å². The van der Waals surface area contributed by atoms with Gasteiger partial charge >= 0.3 is 0 Å². The van der Waals surface area contributed by atoms with E-state index in [1.165, 1.54) is 5.56 Å². The highest BCUT2D eigenvalue weighted by Crippen LogP contribution is 2.20. The molecule has 0 aliphatic rings. The Balaban J connectivity index is 1.93. The van der Waals surface area contributed by atoms with Crippen molar-refractivity contribution >= 4 is 29.3 Å². The third-order valence-corrected chi connectivity index (χ3v) is 5.93. The van der Waals surface area contributed by atoms with E-state index in [0.29, 0.717) is 17.3 Å². The molecule has 2 N–H and O–H groups in total. The van der Waals surface area contributed by atoms with Crippen molar-refractivity contribution in [1.29, 1.82) is 0 Å². The number of amides is 2. The lowest BCUT2D eigenvalue weighted by Gasteiger charge is -2.13. The van der Waals surface area contributed by atoms with Gasteiger partial charge in [-0.15, -0.1) is 0 Å². The van der Waals surface area contributed by atoms with E-state index in [2.05, 4.69) is 24.5 Å². The zero-order valence-corrected chi connectivity index (χ0v) is 20.2. The monoisotopic (exact) mass is 440 g/mol. The van der Waals surface area contributed by atoms with Gasteiger partial charge in [0.05, 0.1) is 0 Å². The number of nitrogens with one attached hydrogen (secondary N) is 2. The summed E-state index contributed by atoms with van der Waals surface area (Å²) in [5.74, 6) is -0.497. The van der Waals surface area contributed by atoms with Gasteiger partial charge in [-0.25, -0.2) is 0 Å². The Hall–Kier alpha value is -3.66. The predicted octanol–water partition coefficient (Wildman–Crippen LogP) is 6.70. The van der Waals surface area contributed by atoms with E-state index in [1.807, 2.05) is 88.4 Å². The smallest absolute Gasteiger partial charge is 0.261 e. The zero-order valence-electron chi connectivity index (χ0n) is 20.2. The summed E-state index contributed by atoms with van der Waals surface area (Å²) in [5.41, 5.74) is 7.77. The molecule has 0 heterocycles. The Bertz CT molecular complexity index is 1140. The fourth-order valence-corrected chi connectivity index (χ4v) is 3.41. The summed E-state index contributed by atoms with van der Waals surface area (Å²) in [6.07, 6.45) is 1.64. The first kappa shape index (κ1) is 24.0. The summed E-state index contributed by atoms with van der Waals surface area (Å²) in [6.45, 7) is 12.3. The molecule has 3 rings (SSSR count). The maximum atomic E-state index is 13.2. The lowest BCUT2D eigenvalue weighted by molar-refractivity contribution is -0.118. The summed E-state index contributed by atoms with van der Waals surface area (Å²) >= 11 is 0. The van der Waals surface area contributed by atoms with Crippen LogP contribution in [-0.4, -0.2) is 11.8 Å². The minimum atomic E-state index is -0.451. The Morgan fingerprint density at radius 2 is 1.12 bits per heavy atom. The van der Waals surface area contributed by atoms with Crippen molar-refractivity contribution in [2.24, 2.45) is 0 Å². The van der Waals surface area contributed by atoms with Gasteiger partial charge in [-0.3, -0.25) is 9.59 Å². The van der Waals surface area contributed by atoms with Gasteiger partial charge in [0.1, 0.15) is 5.57 Å². The zero-order chi connectivity index (χ0) is 24.1. The molecule has 0 bridgehead atoms. The fourth-order valence-electron chi connectivity index (χ4n) is 3.41. The Morgan fingerprint density at radius 3 is 1.52 bits per heavy atom. The van der Waals surface area contributed by atoms with Crippen LogP contribution in [0, 0.1) is 27.7 Å². The number of benzene rings is 3. The summed E-state index contributed by atoms with van der Waals surface area (Å²) in [5, 5.41) is 5.76. The Labute approximate surface area is 196 Å². The van der Waals surface area contributed by atoms with Crippen LogP contribution < -0.4 is 10.6 Å². The van der Waals surface area contributed by atoms with Gasteiger partial charge in [-0.05, 0) is 97.3 Å². The molecule has 0 aromatic heterocycles. The van der Waals surface area contributed by atoms with Crippen molar-refractivity contribution in [3.8, 4) is 0 Å². The highest BCUT2D eigenvalue weighted by atomic mass is 16.2. The molecule has 0 aliphatic carbocycles. The van der Waals surface area contributed by atoms with Crippen LogP contribution >= 0.6 is 0 Å². The van der Waals surface area contributed by atoms with Crippen LogP contribution in [0.2, 0.25) is 0 Å². The fraction of sp³-hybridized carbons (Fsp3) is 0.241. The molecule has 0 saturated carbocycles. The predicted molar refractivity (Wildman–Crippen MR) is 138 cm³/mol. The van der Waals surface area contributed by atoms with Crippen molar-refractivity contribution in [1.82, 2.24) is 0 Å². The van der Waals surface area contributed by atoms with Crippen molar-refractivity contribution in [2.75, 3.05) is 10.6 Å². The molecule has 0 saturated heterocycles. The van der Waals surface area contributed by atoms with Crippen LogP contribution in [0.4, 0.5) is 11.4 Å². The lowest BCUT2D eigenvalue weighted by Crippen LogP contribution is -2.25. The molecule has 0 atom stereocenters. The SMILES string of the molecule is Cc1ccc(NC(=O)C(=Cc2ccc(C(C)C)cc2)C(=O)Nc2ccc(C)c(C)c2)cc1C. The van der Waals surface area contributed by atoms with E-state index >= 15 is 0 Å². The van der Waals surface area contributed by atoms with Crippen molar-refractivity contribution in [3.63, 3.8) is 0 Å². The van der Waals surface area contributed by atoms with E-state index in [0.717, 1.165) is 27.8 Å². The molecule has 0 aliphatic heterocycles. The van der Waals surface area contributed by atoms with Gasteiger partial charge < -0.3 is 10.6 Å². The molecule has 2 amide bonds. The minimum Gasteiger partial charge on any atom is -0.322 e. The standard InChI is InChI=1S/C29H32N2O2/c1-18(2)24-11-9-23(10-12-24)17-27(28(32)30-25-13-7-19(3)21(5)15-25)29(33)31-26-14-8-20(4)22(6)16-26/h7-18H,1-6H3,(H,30,32)(H,31,33). The molecule has 33 heavy (non-hydrogen) atoms. The second kappa shape index (κ2) is 10.3. The van der Waals surface area contributed by atoms with Crippen LogP contribution in [0.1, 0.15) is 53.1 Å². The maximum absolute atomic E-state index is 13.2. The van der Waals surface area contributed by atoms with Crippen LogP contribution in [0.25, 0.3) is 6.08 Å². The second-order valence-electron chi connectivity index (χ2n) is 8.89. The van der Waals surface area contributed by atoms with Gasteiger partial charge in [0.15, 0.2) is 0 Å². The van der Waals surface area contributed by atoms with Crippen molar-refractivity contribution < 1.29 is 9.59 Å². The first-order valence-electron chi connectivity index (χ1n) is 11.2. The largest absolute Gasteiger partial charge is 0.322 e. The minimum absolute atomic E-state index is 0.0451. The lowest BCUT2D eigenvalue weighted by atomic mass is 10.0. The van der Waals surface area contributed by atoms with Gasteiger partial charge in [0.2, 0.25) is 0 Å². The quantitative estimate of drug-likeness (QED) is 0.254. The Morgan fingerprint density at radius 1 is 0.667 bits per heavy atom. The van der Waals surface area contributed by atoms with E-state index in [4.69, 9.17) is 0 Å². The van der Waals surface area contributed by atoms with Gasteiger partial charge in [-0.2, -0.15) is 0 Å². The number of carbonyl (C=O) groups excluding carboxylic acids is 2. The van der Waals surface area contributed by atoms with Crippen LogP contribution in [-0.2, 0) is 9.59 Å². The van der Waals surface area contributed by atoms with Crippen LogP contribution in [0.5, 0.6) is 0 Å². The average molecular weight is 441 g/mol. The first-order valence-corrected chi connectivity index (χ1v) is 11.2. The second-order valence-corrected chi connectivity index (χ2v) is 8.89. The number of hydrogen-bond acceptors (Lipinski definition) is 2. The third kappa shape index (κ3) is 6.19. The number of hydrogen-bond donors (Lipinski definition) is 2. The van der Waals surface area contributed by atoms with Crippen molar-refractivity contribution in [3.05, 3.63) is 99.6 Å². The van der Waals surface area contributed by atoms with Crippen molar-refractivity contribution in [2.45, 2.75) is 47.5 Å². The maximum Gasteiger partial charge on any atom is 0.261 e. The summed E-state index contributed by atoms with van der Waals surface area (Å²) < 4.78 is 0. The van der Waals surface area contributed by atoms with Crippen LogP contribution in [0.3, 0.4) is 0 Å².